The maximum absolute atomic E-state index is 5.97. The van der Waals surface area contributed by atoms with E-state index >= 15 is 0 Å². The summed E-state index contributed by atoms with van der Waals surface area (Å²) in [5, 5.41) is 0. The van der Waals surface area contributed by atoms with Crippen LogP contribution >= 0.6 is 11.8 Å². The number of rotatable bonds is 4. The Morgan fingerprint density at radius 3 is 2.89 bits per heavy atom. The molecule has 2 rings (SSSR count). The molecule has 1 atom stereocenters. The highest BCUT2D eigenvalue weighted by atomic mass is 32.2. The Bertz CT molecular complexity index is 420. The third kappa shape index (κ3) is 3.33. The van der Waals surface area contributed by atoms with E-state index in [2.05, 4.69) is 13.8 Å². The molecule has 1 aliphatic rings. The molecule has 1 fully saturated rings. The topological polar surface area (TPSA) is 44.5 Å². The normalized spacial score (nSPS) is 22.1. The summed E-state index contributed by atoms with van der Waals surface area (Å²) in [5.74, 6) is 1.79. The molecule has 4 heteroatoms. The van der Waals surface area contributed by atoms with Crippen molar-refractivity contribution < 1.29 is 9.47 Å². The van der Waals surface area contributed by atoms with Gasteiger partial charge in [0, 0.05) is 16.3 Å². The van der Waals surface area contributed by atoms with E-state index in [4.69, 9.17) is 15.2 Å². The number of nitrogen functional groups attached to an aromatic ring is 1. The Morgan fingerprint density at radius 1 is 1.50 bits per heavy atom. The molecule has 3 nitrogen and oxygen atoms in total. The summed E-state index contributed by atoms with van der Waals surface area (Å²) in [5.41, 5.74) is 6.80. The summed E-state index contributed by atoms with van der Waals surface area (Å²) in [7, 11) is 1.67. The van der Waals surface area contributed by atoms with Crippen LogP contribution in [-0.2, 0) is 4.74 Å². The van der Waals surface area contributed by atoms with Gasteiger partial charge in [0.15, 0.2) is 0 Å². The third-order valence-electron chi connectivity index (χ3n) is 3.20. The molecule has 0 aliphatic carbocycles. The van der Waals surface area contributed by atoms with Crippen molar-refractivity contribution >= 4 is 17.4 Å². The van der Waals surface area contributed by atoms with Gasteiger partial charge in [-0.15, -0.1) is 11.8 Å². The first-order valence-corrected chi connectivity index (χ1v) is 7.23. The monoisotopic (exact) mass is 267 g/mol. The number of ether oxygens (including phenoxy) is 2. The predicted octanol–water partition coefficient (Wildman–Crippen LogP) is 3.33. The minimum absolute atomic E-state index is 0.0329. The van der Waals surface area contributed by atoms with Crippen molar-refractivity contribution in [3.8, 4) is 5.75 Å². The predicted molar refractivity (Wildman–Crippen MR) is 76.3 cm³/mol. The summed E-state index contributed by atoms with van der Waals surface area (Å²) >= 11 is 1.74. The molecule has 0 spiro atoms. The number of thioether (sulfide) groups is 1. The number of benzene rings is 1. The van der Waals surface area contributed by atoms with Crippen LogP contribution in [0.3, 0.4) is 0 Å². The average molecular weight is 267 g/mol. The van der Waals surface area contributed by atoms with Crippen LogP contribution in [0.5, 0.6) is 5.75 Å². The summed E-state index contributed by atoms with van der Waals surface area (Å²) in [6, 6.07) is 5.76. The maximum Gasteiger partial charge on any atom is 0.120 e. The van der Waals surface area contributed by atoms with Crippen LogP contribution in [-0.4, -0.2) is 24.6 Å². The van der Waals surface area contributed by atoms with Crippen LogP contribution in [0.1, 0.15) is 26.7 Å². The maximum atomic E-state index is 5.97. The minimum atomic E-state index is 0.0329. The van der Waals surface area contributed by atoms with Gasteiger partial charge >= 0.3 is 0 Å². The molecule has 100 valence electrons. The molecule has 1 heterocycles. The van der Waals surface area contributed by atoms with Crippen molar-refractivity contribution in [2.75, 3.05) is 18.6 Å². The Kier molecular flexibility index (Phi) is 4.07. The highest BCUT2D eigenvalue weighted by Gasteiger charge is 2.31. The van der Waals surface area contributed by atoms with Crippen molar-refractivity contribution in [3.63, 3.8) is 0 Å². The van der Waals surface area contributed by atoms with Gasteiger partial charge in [-0.1, -0.05) is 0 Å². The largest absolute Gasteiger partial charge is 0.497 e. The molecule has 0 saturated carbocycles. The van der Waals surface area contributed by atoms with E-state index in [0.717, 1.165) is 34.9 Å². The molecule has 1 aromatic rings. The first kappa shape index (κ1) is 13.6. The fraction of sp³-hybridized carbons (Fsp3) is 0.571. The zero-order valence-electron chi connectivity index (χ0n) is 11.2. The summed E-state index contributed by atoms with van der Waals surface area (Å²) in [6.45, 7) is 4.30. The van der Waals surface area contributed by atoms with Crippen molar-refractivity contribution in [3.05, 3.63) is 18.2 Å². The van der Waals surface area contributed by atoms with Gasteiger partial charge < -0.3 is 15.2 Å². The van der Waals surface area contributed by atoms with Gasteiger partial charge in [0.25, 0.3) is 0 Å². The van der Waals surface area contributed by atoms with Gasteiger partial charge in [-0.05, 0) is 44.9 Å². The smallest absolute Gasteiger partial charge is 0.120 e. The lowest BCUT2D eigenvalue weighted by Crippen LogP contribution is -2.21. The molecular formula is C14H21NO2S. The van der Waals surface area contributed by atoms with Crippen molar-refractivity contribution in [2.45, 2.75) is 43.3 Å². The van der Waals surface area contributed by atoms with Gasteiger partial charge in [0.05, 0.1) is 18.8 Å². The highest BCUT2D eigenvalue weighted by Crippen LogP contribution is 2.35. The third-order valence-corrected chi connectivity index (χ3v) is 4.40. The summed E-state index contributed by atoms with van der Waals surface area (Å²) in [6.07, 6.45) is 2.59. The zero-order chi connectivity index (χ0) is 13.2. The Hall–Kier alpha value is -0.870. The lowest BCUT2D eigenvalue weighted by molar-refractivity contribution is -0.00466. The van der Waals surface area contributed by atoms with Crippen molar-refractivity contribution in [1.82, 2.24) is 0 Å². The molecule has 0 radical (unpaired) electrons. The first-order valence-electron chi connectivity index (χ1n) is 6.24. The molecular weight excluding hydrogens is 246 g/mol. The van der Waals surface area contributed by atoms with Crippen LogP contribution in [0.15, 0.2) is 23.1 Å². The van der Waals surface area contributed by atoms with Gasteiger partial charge in [-0.25, -0.2) is 0 Å². The van der Waals surface area contributed by atoms with E-state index in [1.807, 2.05) is 18.2 Å². The number of hydrogen-bond donors (Lipinski definition) is 1. The van der Waals surface area contributed by atoms with E-state index in [9.17, 15) is 0 Å². The first-order chi connectivity index (χ1) is 8.50. The summed E-state index contributed by atoms with van der Waals surface area (Å²) in [4.78, 5) is 1.07. The average Bonchev–Trinajstić information content (AvgIpc) is 2.68. The van der Waals surface area contributed by atoms with E-state index in [1.165, 1.54) is 0 Å². The SMILES string of the molecule is COc1ccc(N)c(SCC2CCC(C)(C)O2)c1. The number of nitrogens with two attached hydrogens (primary N) is 1. The van der Waals surface area contributed by atoms with Gasteiger partial charge in [-0.3, -0.25) is 0 Å². The number of anilines is 1. The van der Waals surface area contributed by atoms with Gasteiger partial charge in [0.1, 0.15) is 5.75 Å². The highest BCUT2D eigenvalue weighted by molar-refractivity contribution is 7.99. The van der Waals surface area contributed by atoms with E-state index in [-0.39, 0.29) is 5.60 Å². The standard InChI is InChI=1S/C14H21NO2S/c1-14(2)7-6-11(17-14)9-18-13-8-10(16-3)4-5-12(13)15/h4-5,8,11H,6-7,9,15H2,1-3H3. The molecule has 18 heavy (non-hydrogen) atoms. The minimum Gasteiger partial charge on any atom is -0.497 e. The zero-order valence-corrected chi connectivity index (χ0v) is 12.0. The molecule has 2 N–H and O–H groups in total. The van der Waals surface area contributed by atoms with Crippen LogP contribution in [0.2, 0.25) is 0 Å². The molecule has 1 unspecified atom stereocenters. The second-order valence-electron chi connectivity index (χ2n) is 5.25. The van der Waals surface area contributed by atoms with Crippen LogP contribution in [0.4, 0.5) is 5.69 Å². The Balaban J connectivity index is 1.94. The Morgan fingerprint density at radius 2 is 2.28 bits per heavy atom. The molecule has 0 aromatic heterocycles. The fourth-order valence-electron chi connectivity index (χ4n) is 2.14. The van der Waals surface area contributed by atoms with E-state index < -0.39 is 0 Å². The van der Waals surface area contributed by atoms with E-state index in [0.29, 0.717) is 6.10 Å². The Labute approximate surface area is 113 Å². The van der Waals surface area contributed by atoms with Gasteiger partial charge in [-0.2, -0.15) is 0 Å². The molecule has 0 bridgehead atoms. The van der Waals surface area contributed by atoms with Crippen LogP contribution in [0.25, 0.3) is 0 Å². The van der Waals surface area contributed by atoms with E-state index in [1.54, 1.807) is 18.9 Å². The number of methoxy groups -OCH3 is 1. The fourth-order valence-corrected chi connectivity index (χ4v) is 3.18. The second kappa shape index (κ2) is 5.41. The molecule has 1 saturated heterocycles. The number of hydrogen-bond acceptors (Lipinski definition) is 4. The molecule has 1 aliphatic heterocycles. The summed E-state index contributed by atoms with van der Waals surface area (Å²) < 4.78 is 11.2. The quantitative estimate of drug-likeness (QED) is 0.671. The second-order valence-corrected chi connectivity index (χ2v) is 6.31. The molecule has 0 amide bonds. The van der Waals surface area contributed by atoms with Crippen LogP contribution < -0.4 is 10.5 Å². The lowest BCUT2D eigenvalue weighted by atomic mass is 10.1. The van der Waals surface area contributed by atoms with Crippen molar-refractivity contribution in [2.24, 2.45) is 0 Å². The lowest BCUT2D eigenvalue weighted by Gasteiger charge is -2.19. The van der Waals surface area contributed by atoms with Gasteiger partial charge in [0.2, 0.25) is 0 Å². The van der Waals surface area contributed by atoms with Crippen molar-refractivity contribution in [1.29, 1.82) is 0 Å². The van der Waals surface area contributed by atoms with Crippen LogP contribution in [0, 0.1) is 0 Å². The molecule has 1 aromatic carbocycles.